The Labute approximate surface area is 183 Å². The van der Waals surface area contributed by atoms with Crippen LogP contribution < -0.4 is 0 Å². The number of hydrogen-bond acceptors (Lipinski definition) is 5. The molecule has 4 rings (SSSR count). The lowest BCUT2D eigenvalue weighted by atomic mass is 9.83. The zero-order valence-electron chi connectivity index (χ0n) is 19.0. The number of aliphatic hydroxyl groups is 1. The van der Waals surface area contributed by atoms with Gasteiger partial charge in [0.25, 0.3) is 0 Å². The monoisotopic (exact) mass is 421 g/mol. The second kappa shape index (κ2) is 8.08. The Kier molecular flexibility index (Phi) is 5.60. The highest BCUT2D eigenvalue weighted by Gasteiger charge is 2.27. The van der Waals surface area contributed by atoms with Crippen molar-refractivity contribution in [3.63, 3.8) is 0 Å². The fraction of sp³-hybridized carbons (Fsp3) is 0.480. The molecule has 2 aromatic carbocycles. The fourth-order valence-electron chi connectivity index (χ4n) is 4.75. The van der Waals surface area contributed by atoms with Crippen LogP contribution in [0.3, 0.4) is 0 Å². The first-order valence-corrected chi connectivity index (χ1v) is 10.9. The summed E-state index contributed by atoms with van der Waals surface area (Å²) in [6.45, 7) is 7.70. The van der Waals surface area contributed by atoms with Gasteiger partial charge < -0.3 is 9.84 Å². The van der Waals surface area contributed by atoms with Gasteiger partial charge in [-0.15, -0.1) is 5.10 Å². The van der Waals surface area contributed by atoms with Crippen LogP contribution in [0.15, 0.2) is 24.3 Å². The Bertz CT molecular complexity index is 1140. The molecule has 6 nitrogen and oxygen atoms in total. The summed E-state index contributed by atoms with van der Waals surface area (Å²) in [5.74, 6) is -0.417. The number of aliphatic hydroxyl groups excluding tert-OH is 1. The van der Waals surface area contributed by atoms with Gasteiger partial charge in [-0.2, -0.15) is 0 Å². The van der Waals surface area contributed by atoms with Crippen LogP contribution in [0.1, 0.15) is 72.9 Å². The van der Waals surface area contributed by atoms with E-state index in [1.807, 2.05) is 40.8 Å². The molecule has 0 fully saturated rings. The summed E-state index contributed by atoms with van der Waals surface area (Å²) in [5.41, 5.74) is 7.89. The quantitative estimate of drug-likeness (QED) is 0.627. The Hall–Kier alpha value is -2.73. The lowest BCUT2D eigenvalue weighted by Gasteiger charge is -2.25. The molecule has 0 amide bonds. The number of esters is 1. The molecule has 31 heavy (non-hydrogen) atoms. The van der Waals surface area contributed by atoms with Crippen LogP contribution >= 0.6 is 0 Å². The van der Waals surface area contributed by atoms with Crippen LogP contribution in [0.25, 0.3) is 11.0 Å². The molecule has 0 spiro atoms. The predicted octanol–water partition coefficient (Wildman–Crippen LogP) is 4.12. The van der Waals surface area contributed by atoms with Gasteiger partial charge >= 0.3 is 5.97 Å². The average molecular weight is 422 g/mol. The Balaban J connectivity index is 1.83. The van der Waals surface area contributed by atoms with Crippen LogP contribution in [-0.2, 0) is 36.0 Å². The molecule has 1 unspecified atom stereocenters. The molecule has 6 heteroatoms. The Morgan fingerprint density at radius 3 is 2.74 bits per heavy atom. The number of aryl methyl sites for hydroxylation is 3. The van der Waals surface area contributed by atoms with E-state index < -0.39 is 5.60 Å². The van der Waals surface area contributed by atoms with Crippen LogP contribution in [0.2, 0.25) is 0 Å². The minimum absolute atomic E-state index is 0.0114. The topological polar surface area (TPSA) is 77.2 Å². The molecule has 0 saturated heterocycles. The SMILES string of the molecule is Cc1c(C(CC(=O)OC(C)(C)C)c2cc(CO)c3c(c2)CCC3)ccc2c1nnn2C. The average Bonchev–Trinajstić information content (AvgIpc) is 3.32. The molecule has 1 N–H and O–H groups in total. The maximum atomic E-state index is 12.9. The van der Waals surface area contributed by atoms with Crippen LogP contribution in [0.5, 0.6) is 0 Å². The number of aromatic nitrogens is 3. The first kappa shape index (κ1) is 21.5. The molecule has 1 aliphatic rings. The number of fused-ring (bicyclic) bond motifs is 2. The minimum Gasteiger partial charge on any atom is -0.460 e. The highest BCUT2D eigenvalue weighted by atomic mass is 16.6. The summed E-state index contributed by atoms with van der Waals surface area (Å²) in [7, 11) is 1.88. The molecular formula is C25H31N3O3. The van der Waals surface area contributed by atoms with Crippen molar-refractivity contribution in [1.82, 2.24) is 15.0 Å². The molecule has 0 radical (unpaired) electrons. The third kappa shape index (κ3) is 4.22. The Morgan fingerprint density at radius 1 is 1.26 bits per heavy atom. The fourth-order valence-corrected chi connectivity index (χ4v) is 4.75. The van der Waals surface area contributed by atoms with Crippen LogP contribution in [-0.4, -0.2) is 31.7 Å². The van der Waals surface area contributed by atoms with Gasteiger partial charge in [-0.05, 0) is 86.4 Å². The van der Waals surface area contributed by atoms with Crippen molar-refractivity contribution in [3.8, 4) is 0 Å². The zero-order valence-corrected chi connectivity index (χ0v) is 19.0. The van der Waals surface area contributed by atoms with Crippen molar-refractivity contribution in [2.45, 2.75) is 71.5 Å². The maximum absolute atomic E-state index is 12.9. The molecule has 3 aromatic rings. The van der Waals surface area contributed by atoms with E-state index in [1.165, 1.54) is 11.1 Å². The molecule has 0 saturated carbocycles. The lowest BCUT2D eigenvalue weighted by Crippen LogP contribution is -2.25. The van der Waals surface area contributed by atoms with Crippen molar-refractivity contribution in [1.29, 1.82) is 0 Å². The van der Waals surface area contributed by atoms with Gasteiger partial charge in [0.05, 0.1) is 18.5 Å². The van der Waals surface area contributed by atoms with Gasteiger partial charge in [0.15, 0.2) is 0 Å². The van der Waals surface area contributed by atoms with E-state index >= 15 is 0 Å². The van der Waals surface area contributed by atoms with Crippen LogP contribution in [0, 0.1) is 6.92 Å². The first-order chi connectivity index (χ1) is 14.7. The smallest absolute Gasteiger partial charge is 0.307 e. The van der Waals surface area contributed by atoms with E-state index in [0.717, 1.165) is 52.5 Å². The van der Waals surface area contributed by atoms with E-state index in [9.17, 15) is 9.90 Å². The van der Waals surface area contributed by atoms with Gasteiger partial charge in [-0.3, -0.25) is 4.79 Å². The summed E-state index contributed by atoms with van der Waals surface area (Å²) in [6.07, 6.45) is 3.35. The molecular weight excluding hydrogens is 390 g/mol. The summed E-state index contributed by atoms with van der Waals surface area (Å²) in [5, 5.41) is 18.5. The molecule has 0 aliphatic heterocycles. The van der Waals surface area contributed by atoms with Gasteiger partial charge in [-0.1, -0.05) is 23.4 Å². The largest absolute Gasteiger partial charge is 0.460 e. The predicted molar refractivity (Wildman–Crippen MR) is 120 cm³/mol. The number of hydrogen-bond donors (Lipinski definition) is 1. The summed E-state index contributed by atoms with van der Waals surface area (Å²) < 4.78 is 7.43. The van der Waals surface area contributed by atoms with E-state index in [1.54, 1.807) is 4.68 Å². The standard InChI is InChI=1S/C25H31N3O3/c1-15-19(9-10-22-24(15)26-27-28(22)5)21(13-23(30)31-25(2,3)4)17-11-16-7-6-8-20(16)18(12-17)14-29/h9-12,21,29H,6-8,13-14H2,1-5H3. The second-order valence-electron chi connectivity index (χ2n) is 9.53. The molecule has 0 bridgehead atoms. The number of carbonyl (C=O) groups excluding carboxylic acids is 1. The number of benzene rings is 2. The minimum atomic E-state index is -0.542. The summed E-state index contributed by atoms with van der Waals surface area (Å²) in [4.78, 5) is 12.9. The number of nitrogens with zero attached hydrogens (tertiary/aromatic N) is 3. The van der Waals surface area contributed by atoms with Gasteiger partial charge in [0.1, 0.15) is 11.1 Å². The van der Waals surface area contributed by atoms with Gasteiger partial charge in [0.2, 0.25) is 0 Å². The van der Waals surface area contributed by atoms with E-state index in [2.05, 4.69) is 28.5 Å². The molecule has 164 valence electrons. The Morgan fingerprint density at radius 2 is 2.03 bits per heavy atom. The third-order valence-electron chi connectivity index (χ3n) is 6.15. The van der Waals surface area contributed by atoms with E-state index in [-0.39, 0.29) is 24.9 Å². The summed E-state index contributed by atoms with van der Waals surface area (Å²) >= 11 is 0. The van der Waals surface area contributed by atoms with Crippen molar-refractivity contribution >= 4 is 17.0 Å². The highest BCUT2D eigenvalue weighted by Crippen LogP contribution is 2.37. The highest BCUT2D eigenvalue weighted by molar-refractivity contribution is 5.80. The maximum Gasteiger partial charge on any atom is 0.307 e. The molecule has 1 atom stereocenters. The van der Waals surface area contributed by atoms with Gasteiger partial charge in [0, 0.05) is 13.0 Å². The van der Waals surface area contributed by atoms with Crippen molar-refractivity contribution in [2.75, 3.05) is 0 Å². The molecule has 1 heterocycles. The first-order valence-electron chi connectivity index (χ1n) is 10.9. The number of ether oxygens (including phenoxy) is 1. The van der Waals surface area contributed by atoms with E-state index in [4.69, 9.17) is 4.74 Å². The lowest BCUT2D eigenvalue weighted by molar-refractivity contribution is -0.155. The number of carbonyl (C=O) groups is 1. The van der Waals surface area contributed by atoms with E-state index in [0.29, 0.717) is 0 Å². The van der Waals surface area contributed by atoms with Crippen molar-refractivity contribution < 1.29 is 14.6 Å². The zero-order chi connectivity index (χ0) is 22.3. The van der Waals surface area contributed by atoms with Crippen LogP contribution in [0.4, 0.5) is 0 Å². The van der Waals surface area contributed by atoms with Crippen molar-refractivity contribution in [3.05, 3.63) is 57.6 Å². The van der Waals surface area contributed by atoms with Gasteiger partial charge in [-0.25, -0.2) is 4.68 Å². The third-order valence-corrected chi connectivity index (χ3v) is 6.15. The molecule has 1 aromatic heterocycles. The second-order valence-corrected chi connectivity index (χ2v) is 9.53. The summed E-state index contributed by atoms with van der Waals surface area (Å²) in [6, 6.07) is 8.37. The number of rotatable bonds is 5. The normalized spacial score (nSPS) is 14.6. The van der Waals surface area contributed by atoms with Crippen molar-refractivity contribution in [2.24, 2.45) is 7.05 Å². The molecule has 1 aliphatic carbocycles.